The van der Waals surface area contributed by atoms with Gasteiger partial charge in [0.1, 0.15) is 0 Å². The van der Waals surface area contributed by atoms with Crippen molar-refractivity contribution in [3.05, 3.63) is 59.2 Å². The van der Waals surface area contributed by atoms with Crippen LogP contribution >= 0.6 is 23.4 Å². The molecule has 1 heterocycles. The second-order valence-corrected chi connectivity index (χ2v) is 5.71. The van der Waals surface area contributed by atoms with Crippen LogP contribution < -0.4 is 0 Å². The molecule has 4 nitrogen and oxygen atoms in total. The summed E-state index contributed by atoms with van der Waals surface area (Å²) in [5, 5.41) is 10.8. The normalized spacial score (nSPS) is 10.7. The van der Waals surface area contributed by atoms with Crippen molar-refractivity contribution >= 4 is 40.2 Å². The maximum absolute atomic E-state index is 11.1. The molecule has 1 N–H and O–H groups in total. The van der Waals surface area contributed by atoms with Gasteiger partial charge in [-0.05, 0) is 36.0 Å². The number of carboxylic acid groups (broad SMARTS) is 1. The van der Waals surface area contributed by atoms with Gasteiger partial charge in [-0.25, -0.2) is 14.8 Å². The molecule has 0 unspecified atom stereocenters. The Morgan fingerprint density at radius 1 is 1.19 bits per heavy atom. The van der Waals surface area contributed by atoms with E-state index in [1.807, 2.05) is 24.3 Å². The maximum atomic E-state index is 11.1. The summed E-state index contributed by atoms with van der Waals surface area (Å²) in [6, 6.07) is 12.5. The molecule has 0 aliphatic carbocycles. The molecule has 0 saturated heterocycles. The Labute approximate surface area is 129 Å². The topological polar surface area (TPSA) is 63.1 Å². The smallest absolute Gasteiger partial charge is 0.337 e. The Bertz CT molecular complexity index is 839. The highest BCUT2D eigenvalue weighted by molar-refractivity contribution is 7.99. The van der Waals surface area contributed by atoms with Crippen molar-refractivity contribution in [3.63, 3.8) is 0 Å². The first-order valence-electron chi connectivity index (χ1n) is 6.06. The highest BCUT2D eigenvalue weighted by atomic mass is 35.5. The zero-order valence-corrected chi connectivity index (χ0v) is 12.2. The molecule has 21 heavy (non-hydrogen) atoms. The number of halogens is 1. The van der Waals surface area contributed by atoms with Crippen molar-refractivity contribution in [2.75, 3.05) is 0 Å². The molecule has 2 aromatic carbocycles. The number of fused-ring (bicyclic) bond motifs is 1. The number of aromatic nitrogens is 2. The van der Waals surface area contributed by atoms with Gasteiger partial charge in [0, 0.05) is 16.5 Å². The van der Waals surface area contributed by atoms with Crippen molar-refractivity contribution < 1.29 is 9.90 Å². The molecule has 0 aliphatic rings. The van der Waals surface area contributed by atoms with Gasteiger partial charge in [0.15, 0.2) is 5.16 Å². The monoisotopic (exact) mass is 316 g/mol. The third kappa shape index (κ3) is 2.99. The lowest BCUT2D eigenvalue weighted by molar-refractivity contribution is 0.0697. The molecular formula is C15H9ClN2O2S. The van der Waals surface area contributed by atoms with Gasteiger partial charge in [-0.2, -0.15) is 0 Å². The van der Waals surface area contributed by atoms with E-state index in [1.165, 1.54) is 17.8 Å². The molecule has 6 heteroatoms. The summed E-state index contributed by atoms with van der Waals surface area (Å²) in [5.74, 6) is -1.05. The van der Waals surface area contributed by atoms with Crippen molar-refractivity contribution in [1.29, 1.82) is 0 Å². The van der Waals surface area contributed by atoms with Crippen molar-refractivity contribution in [2.45, 2.75) is 10.1 Å². The molecule has 0 aliphatic heterocycles. The second kappa shape index (κ2) is 5.71. The predicted molar refractivity (Wildman–Crippen MR) is 82.1 cm³/mol. The first-order chi connectivity index (χ1) is 10.1. The van der Waals surface area contributed by atoms with Crippen LogP contribution in [0.4, 0.5) is 0 Å². The summed E-state index contributed by atoms with van der Waals surface area (Å²) in [6.07, 6.45) is 1.75. The van der Waals surface area contributed by atoms with E-state index in [9.17, 15) is 4.79 Å². The molecule has 1 aromatic heterocycles. The highest BCUT2D eigenvalue weighted by Gasteiger charge is 2.11. The van der Waals surface area contributed by atoms with Gasteiger partial charge in [-0.1, -0.05) is 29.8 Å². The van der Waals surface area contributed by atoms with Gasteiger partial charge < -0.3 is 5.11 Å². The summed E-state index contributed by atoms with van der Waals surface area (Å²) in [5.41, 5.74) is 0.921. The summed E-state index contributed by atoms with van der Waals surface area (Å²) in [6.45, 7) is 0. The number of aromatic carboxylic acids is 1. The molecule has 0 fully saturated rings. The lowest BCUT2D eigenvalue weighted by atomic mass is 10.2. The second-order valence-electron chi connectivity index (χ2n) is 4.26. The van der Waals surface area contributed by atoms with Crippen LogP contribution in [0.1, 0.15) is 10.4 Å². The van der Waals surface area contributed by atoms with Crippen LogP contribution in [0.5, 0.6) is 0 Å². The van der Waals surface area contributed by atoms with Crippen LogP contribution in [0.3, 0.4) is 0 Å². The van der Waals surface area contributed by atoms with Gasteiger partial charge in [0.05, 0.1) is 16.1 Å². The van der Waals surface area contributed by atoms with E-state index in [1.54, 1.807) is 18.3 Å². The van der Waals surface area contributed by atoms with E-state index in [0.717, 1.165) is 15.8 Å². The Hall–Kier alpha value is -2.11. The van der Waals surface area contributed by atoms with E-state index in [2.05, 4.69) is 9.97 Å². The molecule has 0 amide bonds. The Morgan fingerprint density at radius 3 is 2.81 bits per heavy atom. The van der Waals surface area contributed by atoms with Crippen LogP contribution in [-0.2, 0) is 0 Å². The summed E-state index contributed by atoms with van der Waals surface area (Å²) in [7, 11) is 0. The lowest BCUT2D eigenvalue weighted by Crippen LogP contribution is -1.97. The molecular weight excluding hydrogens is 308 g/mol. The minimum atomic E-state index is -1.05. The summed E-state index contributed by atoms with van der Waals surface area (Å²) < 4.78 is 0. The molecule has 0 spiro atoms. The third-order valence-electron chi connectivity index (χ3n) is 2.84. The summed E-state index contributed by atoms with van der Waals surface area (Å²) in [4.78, 5) is 20.5. The van der Waals surface area contributed by atoms with Gasteiger partial charge in [-0.15, -0.1) is 0 Å². The summed E-state index contributed by atoms with van der Waals surface area (Å²) >= 11 is 7.15. The van der Waals surface area contributed by atoms with E-state index in [4.69, 9.17) is 16.7 Å². The average Bonchev–Trinajstić information content (AvgIpc) is 2.49. The Kier molecular flexibility index (Phi) is 3.77. The number of carbonyl (C=O) groups is 1. The zero-order chi connectivity index (χ0) is 14.8. The quantitative estimate of drug-likeness (QED) is 0.736. The van der Waals surface area contributed by atoms with Gasteiger partial charge >= 0.3 is 5.97 Å². The lowest BCUT2D eigenvalue weighted by Gasteiger charge is -2.04. The molecule has 3 aromatic rings. The van der Waals surface area contributed by atoms with E-state index in [0.29, 0.717) is 5.16 Å². The Morgan fingerprint density at radius 2 is 2.00 bits per heavy atom. The first kappa shape index (κ1) is 13.9. The fourth-order valence-corrected chi connectivity index (χ4v) is 2.81. The van der Waals surface area contributed by atoms with Crippen molar-refractivity contribution in [2.24, 2.45) is 0 Å². The number of nitrogens with zero attached hydrogens (tertiary/aromatic N) is 2. The largest absolute Gasteiger partial charge is 0.478 e. The first-order valence-corrected chi connectivity index (χ1v) is 7.25. The third-order valence-corrected chi connectivity index (χ3v) is 4.04. The van der Waals surface area contributed by atoms with E-state index < -0.39 is 5.97 Å². The van der Waals surface area contributed by atoms with Crippen LogP contribution in [0.25, 0.3) is 10.9 Å². The fraction of sp³-hybridized carbons (Fsp3) is 0. The van der Waals surface area contributed by atoms with Crippen molar-refractivity contribution in [1.82, 2.24) is 9.97 Å². The van der Waals surface area contributed by atoms with Gasteiger partial charge in [0.25, 0.3) is 0 Å². The highest BCUT2D eigenvalue weighted by Crippen LogP contribution is 2.29. The number of hydrogen-bond donors (Lipinski definition) is 1. The average molecular weight is 317 g/mol. The Balaban J connectivity index is 1.94. The molecule has 0 saturated carbocycles. The SMILES string of the molecule is O=C(O)c1cc(Sc2ncc3ccccc3n2)ccc1Cl. The molecule has 0 atom stereocenters. The zero-order valence-electron chi connectivity index (χ0n) is 10.7. The standard InChI is InChI=1S/C15H9ClN2O2S/c16-12-6-5-10(7-11(12)14(19)20)21-15-17-8-9-3-1-2-4-13(9)18-15/h1-8H,(H,19,20). The van der Waals surface area contributed by atoms with Gasteiger partial charge in [-0.3, -0.25) is 0 Å². The predicted octanol–water partition coefficient (Wildman–Crippen LogP) is 4.13. The molecule has 0 radical (unpaired) electrons. The number of benzene rings is 2. The minimum absolute atomic E-state index is 0.0717. The van der Waals surface area contributed by atoms with Crippen LogP contribution in [0, 0.1) is 0 Å². The number of rotatable bonds is 3. The van der Waals surface area contributed by atoms with Gasteiger partial charge in [0.2, 0.25) is 0 Å². The fourth-order valence-electron chi connectivity index (χ4n) is 1.84. The van der Waals surface area contributed by atoms with Crippen LogP contribution in [-0.4, -0.2) is 21.0 Å². The molecule has 3 rings (SSSR count). The number of carboxylic acids is 1. The molecule has 104 valence electrons. The molecule has 0 bridgehead atoms. The van der Waals surface area contributed by atoms with E-state index >= 15 is 0 Å². The van der Waals surface area contributed by atoms with Crippen LogP contribution in [0.2, 0.25) is 5.02 Å². The number of hydrogen-bond acceptors (Lipinski definition) is 4. The van der Waals surface area contributed by atoms with E-state index in [-0.39, 0.29) is 10.6 Å². The van der Waals surface area contributed by atoms with Crippen LogP contribution in [0.15, 0.2) is 58.7 Å². The minimum Gasteiger partial charge on any atom is -0.478 e. The number of para-hydroxylation sites is 1. The maximum Gasteiger partial charge on any atom is 0.337 e. The van der Waals surface area contributed by atoms with Crippen molar-refractivity contribution in [3.8, 4) is 0 Å².